The summed E-state index contributed by atoms with van der Waals surface area (Å²) in [6.45, 7) is -1.25. The monoisotopic (exact) mass is 628 g/mol. The van der Waals surface area contributed by atoms with E-state index in [2.05, 4.69) is 35.5 Å². The molecule has 13 heteroatoms. The molecule has 0 atom stereocenters. The van der Waals surface area contributed by atoms with Gasteiger partial charge in [0.15, 0.2) is 0 Å². The molecule has 0 aromatic heterocycles. The third kappa shape index (κ3) is 343. The fraction of sp³-hybridized carbons (Fsp3) is 1.00. The van der Waals surface area contributed by atoms with Crippen LogP contribution in [0.2, 0.25) is 9.94 Å². The van der Waals surface area contributed by atoms with Crippen molar-refractivity contribution in [1.82, 2.24) is 0 Å². The second-order valence-corrected chi connectivity index (χ2v) is 37.1. The number of halogens is 2. The summed E-state index contributed by atoms with van der Waals surface area (Å²) >= 11 is 5.57. The van der Waals surface area contributed by atoms with E-state index < -0.39 is 13.8 Å². The Bertz CT molecular complexity index is 117. The molecule has 0 heterocycles. The van der Waals surface area contributed by atoms with Crippen LogP contribution in [0.4, 0.5) is 0 Å². The van der Waals surface area contributed by atoms with Crippen LogP contribution >= 0.6 is 25.5 Å². The molecule has 0 saturated heterocycles. The van der Waals surface area contributed by atoms with Crippen molar-refractivity contribution in [3.05, 3.63) is 0 Å². The van der Waals surface area contributed by atoms with E-state index in [0.717, 1.165) is 0 Å². The van der Waals surface area contributed by atoms with Gasteiger partial charge in [0, 0.05) is 0 Å². The molecule has 0 saturated carbocycles. The summed E-state index contributed by atoms with van der Waals surface area (Å²) in [6, 6.07) is 0. The summed E-state index contributed by atoms with van der Waals surface area (Å²) in [4.78, 5) is 4.42. The van der Waals surface area contributed by atoms with E-state index in [9.17, 15) is 0 Å². The molecule has 0 aromatic carbocycles. The van der Waals surface area contributed by atoms with Crippen LogP contribution in [0.15, 0.2) is 0 Å². The fourth-order valence-corrected chi connectivity index (χ4v) is 0. The SMILES string of the molecule is C[Te](C)(Br)Br.OCCO.OCCO.OCCO.OCCO.OCCO. The fourth-order valence-electron chi connectivity index (χ4n) is 0. The second kappa shape index (κ2) is 49.9. The minimum atomic E-state index is -1.39. The van der Waals surface area contributed by atoms with Gasteiger partial charge in [-0.1, -0.05) is 0 Å². The van der Waals surface area contributed by atoms with Crippen LogP contribution in [-0.2, 0) is 0 Å². The van der Waals surface area contributed by atoms with Crippen LogP contribution in [0.25, 0.3) is 0 Å². The molecule has 10 nitrogen and oxygen atoms in total. The summed E-state index contributed by atoms with van der Waals surface area (Å²) < 4.78 is 0. The number of rotatable bonds is 5. The first-order valence-electron chi connectivity index (χ1n) is 6.79. The van der Waals surface area contributed by atoms with Crippen LogP contribution in [0, 0.1) is 0 Å². The number of hydrogen-bond donors (Lipinski definition) is 10. The van der Waals surface area contributed by atoms with Crippen molar-refractivity contribution in [2.75, 3.05) is 66.1 Å². The Morgan fingerprint density at radius 2 is 0.440 bits per heavy atom. The number of aliphatic hydroxyl groups is 10. The summed E-state index contributed by atoms with van der Waals surface area (Å²) in [7, 11) is 0. The molecule has 10 N–H and O–H groups in total. The Morgan fingerprint density at radius 1 is 0.400 bits per heavy atom. The van der Waals surface area contributed by atoms with E-state index in [1.807, 2.05) is 0 Å². The van der Waals surface area contributed by atoms with Crippen molar-refractivity contribution in [1.29, 1.82) is 0 Å². The molecule has 0 spiro atoms. The van der Waals surface area contributed by atoms with Crippen molar-refractivity contribution in [2.24, 2.45) is 0 Å². The first-order chi connectivity index (χ1) is 11.6. The Hall–Kier alpha value is 1.35. The maximum atomic E-state index is 7.62. The minimum Gasteiger partial charge on any atom is -0.394 e. The quantitative estimate of drug-likeness (QED) is 0.143. The molecule has 0 bridgehead atoms. The molecule has 0 unspecified atom stereocenters. The van der Waals surface area contributed by atoms with Crippen molar-refractivity contribution < 1.29 is 51.1 Å². The third-order valence-corrected chi connectivity index (χ3v) is 0.500. The summed E-state index contributed by atoms with van der Waals surface area (Å²) in [6.07, 6.45) is 0. The third-order valence-electron chi connectivity index (χ3n) is 0.500. The van der Waals surface area contributed by atoms with Gasteiger partial charge in [0.1, 0.15) is 0 Å². The average Bonchev–Trinajstić information content (AvgIpc) is 2.60. The van der Waals surface area contributed by atoms with E-state index in [1.54, 1.807) is 0 Å². The minimum absolute atomic E-state index is 0.125. The largest absolute Gasteiger partial charge is 0.394 e. The van der Waals surface area contributed by atoms with E-state index in [4.69, 9.17) is 51.1 Å². The van der Waals surface area contributed by atoms with E-state index in [1.165, 1.54) is 0 Å². The van der Waals surface area contributed by atoms with Crippen molar-refractivity contribution >= 4 is 39.3 Å². The average molecular weight is 628 g/mol. The van der Waals surface area contributed by atoms with Gasteiger partial charge in [0.2, 0.25) is 0 Å². The molecule has 0 aliphatic rings. The summed E-state index contributed by atoms with van der Waals surface area (Å²) in [5.41, 5.74) is 0. The Labute approximate surface area is 165 Å². The van der Waals surface area contributed by atoms with Gasteiger partial charge in [0.05, 0.1) is 66.1 Å². The van der Waals surface area contributed by atoms with Crippen molar-refractivity contribution in [2.45, 2.75) is 9.94 Å². The van der Waals surface area contributed by atoms with Crippen LogP contribution < -0.4 is 0 Å². The predicted molar refractivity (Wildman–Crippen MR) is 106 cm³/mol. The van der Waals surface area contributed by atoms with Crippen molar-refractivity contribution in [3.63, 3.8) is 0 Å². The van der Waals surface area contributed by atoms with E-state index in [-0.39, 0.29) is 66.1 Å². The molecule has 0 amide bonds. The number of aliphatic hydroxyl groups excluding tert-OH is 10. The molecule has 0 fully saturated rings. The van der Waals surface area contributed by atoms with Gasteiger partial charge in [-0.25, -0.2) is 0 Å². The van der Waals surface area contributed by atoms with Crippen LogP contribution in [0.3, 0.4) is 0 Å². The Balaban J connectivity index is -0.0000000434. The molecular weight excluding hydrogens is 592 g/mol. The summed E-state index contributed by atoms with van der Waals surface area (Å²) in [5.74, 6) is 0. The molecule has 0 aromatic rings. The Kier molecular flexibility index (Phi) is 81.7. The molecule has 0 aliphatic heterocycles. The van der Waals surface area contributed by atoms with Gasteiger partial charge < -0.3 is 51.1 Å². The normalized spacial score (nSPS) is 9.04. The molecule has 0 rings (SSSR count). The van der Waals surface area contributed by atoms with Crippen LogP contribution in [-0.4, -0.2) is 131 Å². The van der Waals surface area contributed by atoms with E-state index in [0.29, 0.717) is 0 Å². The maximum Gasteiger partial charge on any atom is 0.0662 e. The second-order valence-electron chi connectivity index (χ2n) is 3.32. The topological polar surface area (TPSA) is 202 Å². The van der Waals surface area contributed by atoms with Crippen LogP contribution in [0.1, 0.15) is 0 Å². The zero-order chi connectivity index (χ0) is 21.6. The van der Waals surface area contributed by atoms with E-state index >= 15 is 0 Å². The first kappa shape index (κ1) is 40.9. The van der Waals surface area contributed by atoms with Gasteiger partial charge >= 0.3 is 49.2 Å². The number of hydrogen-bond acceptors (Lipinski definition) is 10. The van der Waals surface area contributed by atoms with Crippen molar-refractivity contribution in [3.8, 4) is 0 Å². The predicted octanol–water partition coefficient (Wildman–Crippen LogP) is -2.67. The zero-order valence-electron chi connectivity index (χ0n) is 14.7. The Morgan fingerprint density at radius 3 is 0.440 bits per heavy atom. The first-order valence-corrected chi connectivity index (χ1v) is 21.9. The van der Waals surface area contributed by atoms with Crippen LogP contribution in [0.5, 0.6) is 0 Å². The van der Waals surface area contributed by atoms with Gasteiger partial charge in [-0.15, -0.1) is 0 Å². The molecular formula is C12H36Br2O10Te. The summed E-state index contributed by atoms with van der Waals surface area (Å²) in [5, 5.41) is 76.2. The molecule has 0 radical (unpaired) electrons. The smallest absolute Gasteiger partial charge is 0.0662 e. The van der Waals surface area contributed by atoms with Gasteiger partial charge in [-0.05, 0) is 0 Å². The van der Waals surface area contributed by atoms with Gasteiger partial charge in [0.25, 0.3) is 0 Å². The molecule has 164 valence electrons. The standard InChI is InChI=1S/C2H6Br2Te.5C2H6O2/c1-5(2,3)4;5*3-1-2-4/h1-2H3;5*3-4H,1-2H2. The van der Waals surface area contributed by atoms with Gasteiger partial charge in [-0.3, -0.25) is 0 Å². The van der Waals surface area contributed by atoms with Gasteiger partial charge in [-0.2, -0.15) is 0 Å². The zero-order valence-corrected chi connectivity index (χ0v) is 20.2. The maximum absolute atomic E-state index is 7.62. The molecule has 25 heavy (non-hydrogen) atoms. The molecule has 0 aliphatic carbocycles.